The molecule has 1 fully saturated rings. The van der Waals surface area contributed by atoms with Gasteiger partial charge in [0.15, 0.2) is 0 Å². The average Bonchev–Trinajstić information content (AvgIpc) is 3.43. The Morgan fingerprint density at radius 2 is 2.00 bits per heavy atom. The summed E-state index contributed by atoms with van der Waals surface area (Å²) in [6.45, 7) is 5.21. The van der Waals surface area contributed by atoms with Crippen LogP contribution >= 0.6 is 0 Å². The van der Waals surface area contributed by atoms with E-state index < -0.39 is 12.1 Å². The van der Waals surface area contributed by atoms with E-state index in [1.165, 1.54) is 21.2 Å². The zero-order chi connectivity index (χ0) is 32.0. The summed E-state index contributed by atoms with van der Waals surface area (Å²) in [7, 11) is 2.08. The molecule has 3 aromatic rings. The van der Waals surface area contributed by atoms with Crippen molar-refractivity contribution in [1.29, 1.82) is 5.26 Å². The zero-order valence-corrected chi connectivity index (χ0v) is 25.6. The number of nitrogens with one attached hydrogen (secondary N) is 1. The second-order valence-corrected chi connectivity index (χ2v) is 11.5. The second-order valence-electron chi connectivity index (χ2n) is 11.5. The number of benzene rings is 2. The molecule has 12 heteroatoms. The smallest absolute Gasteiger partial charge is 0.409 e. The molecule has 1 atom stereocenters. The fraction of sp³-hybridized carbons (Fsp3) is 0.455. The molecule has 9 nitrogen and oxygen atoms in total. The van der Waals surface area contributed by atoms with Crippen molar-refractivity contribution in [2.75, 3.05) is 56.6 Å². The first kappa shape index (κ1) is 32.0. The number of halogens is 3. The van der Waals surface area contributed by atoms with Gasteiger partial charge in [-0.1, -0.05) is 30.3 Å². The predicted octanol–water partition coefficient (Wildman–Crippen LogP) is 5.25. The van der Waals surface area contributed by atoms with Gasteiger partial charge in [-0.3, -0.25) is 4.79 Å². The number of aromatic nitrogens is 2. The summed E-state index contributed by atoms with van der Waals surface area (Å²) >= 11 is 0. The van der Waals surface area contributed by atoms with E-state index in [1.54, 1.807) is 0 Å². The van der Waals surface area contributed by atoms with E-state index in [2.05, 4.69) is 65.5 Å². The van der Waals surface area contributed by atoms with Gasteiger partial charge in [0.25, 0.3) is 0 Å². The number of rotatable bonds is 11. The van der Waals surface area contributed by atoms with Crippen LogP contribution in [0.25, 0.3) is 10.8 Å². The lowest BCUT2D eigenvalue weighted by Crippen LogP contribution is -2.36. The molecule has 0 bridgehead atoms. The lowest BCUT2D eigenvalue weighted by Gasteiger charge is -2.32. The van der Waals surface area contributed by atoms with E-state index in [4.69, 9.17) is 20.0 Å². The van der Waals surface area contributed by atoms with Gasteiger partial charge in [0.05, 0.1) is 24.7 Å². The molecule has 0 spiro atoms. The number of likely N-dealkylation sites (N-methyl/N-ethyl adjacent to an activating group) is 1. The van der Waals surface area contributed by atoms with Crippen LogP contribution in [-0.4, -0.2) is 84.3 Å². The van der Waals surface area contributed by atoms with Gasteiger partial charge in [-0.15, -0.1) is 0 Å². The normalized spacial score (nSPS) is 17.0. The Kier molecular flexibility index (Phi) is 10.1. The van der Waals surface area contributed by atoms with Crippen LogP contribution in [0.3, 0.4) is 0 Å². The van der Waals surface area contributed by atoms with Crippen molar-refractivity contribution in [3.8, 4) is 12.1 Å². The SMILES string of the molecule is Cc1cccc2cccc(N3CCc4c(nc(OC[C@@H]5CCCN5C)nc4NCCN(CCC#N)C(=O)/C=C/C(F)(F)F)C3)c12. The van der Waals surface area contributed by atoms with Crippen molar-refractivity contribution < 1.29 is 22.7 Å². The Bertz CT molecular complexity index is 1580. The summed E-state index contributed by atoms with van der Waals surface area (Å²) in [6, 6.07) is 15.1. The fourth-order valence-corrected chi connectivity index (χ4v) is 6.05. The Morgan fingerprint density at radius 1 is 1.20 bits per heavy atom. The molecule has 45 heavy (non-hydrogen) atoms. The molecule has 0 saturated carbocycles. The number of nitriles is 1. The molecule has 1 N–H and O–H groups in total. The summed E-state index contributed by atoms with van der Waals surface area (Å²) in [5, 5.41) is 14.7. The maximum Gasteiger partial charge on any atom is 0.409 e. The maximum absolute atomic E-state index is 12.7. The minimum atomic E-state index is -4.60. The van der Waals surface area contributed by atoms with Crippen LogP contribution in [0.15, 0.2) is 48.6 Å². The van der Waals surface area contributed by atoms with Crippen molar-refractivity contribution in [3.05, 3.63) is 65.4 Å². The number of carbonyl (C=O) groups excluding carboxylic acids is 1. The second kappa shape index (κ2) is 14.2. The van der Waals surface area contributed by atoms with Gasteiger partial charge in [-0.25, -0.2) is 0 Å². The summed E-state index contributed by atoms with van der Waals surface area (Å²) in [6.07, 6.45) is -1.37. The molecule has 2 aliphatic rings. The number of aryl methyl sites for hydroxylation is 1. The van der Waals surface area contributed by atoms with Crippen molar-refractivity contribution in [2.45, 2.75) is 51.4 Å². The van der Waals surface area contributed by atoms with E-state index in [0.717, 1.165) is 42.9 Å². The largest absolute Gasteiger partial charge is 0.462 e. The monoisotopic (exact) mass is 621 g/mol. The highest BCUT2D eigenvalue weighted by Gasteiger charge is 2.27. The zero-order valence-electron chi connectivity index (χ0n) is 25.6. The van der Waals surface area contributed by atoms with E-state index in [9.17, 15) is 18.0 Å². The maximum atomic E-state index is 12.7. The average molecular weight is 622 g/mol. The lowest BCUT2D eigenvalue weighted by atomic mass is 10.00. The Morgan fingerprint density at radius 3 is 2.73 bits per heavy atom. The standard InChI is InChI=1S/C33H38F3N7O2/c1-23-7-3-8-24-9-4-11-28(30(23)24)43-19-13-26-27(21-43)39-32(45-22-25-10-5-17-41(25)2)40-31(26)38-16-20-42(18-6-15-37)29(44)12-14-33(34,35)36/h3-4,7-9,11-12,14,25H,5-6,10,13,16-22H2,1-2H3,(H,38,39,40)/b14-12+/t25-/m0/s1. The van der Waals surface area contributed by atoms with E-state index in [-0.39, 0.29) is 44.2 Å². The molecule has 2 aromatic carbocycles. The number of alkyl halides is 3. The van der Waals surface area contributed by atoms with Crippen LogP contribution < -0.4 is 15.0 Å². The highest BCUT2D eigenvalue weighted by molar-refractivity contribution is 5.97. The van der Waals surface area contributed by atoms with Gasteiger partial charge in [0.1, 0.15) is 12.4 Å². The molecule has 3 heterocycles. The van der Waals surface area contributed by atoms with Crippen LogP contribution in [-0.2, 0) is 17.8 Å². The first-order valence-electron chi connectivity index (χ1n) is 15.2. The van der Waals surface area contributed by atoms with Crippen LogP contribution in [0.5, 0.6) is 6.01 Å². The molecule has 2 aliphatic heterocycles. The number of likely N-dealkylation sites (tertiary alicyclic amines) is 1. The molecule has 238 valence electrons. The molecule has 5 rings (SSSR count). The van der Waals surface area contributed by atoms with Gasteiger partial charge in [-0.2, -0.15) is 28.4 Å². The Labute approximate surface area is 261 Å². The van der Waals surface area contributed by atoms with Gasteiger partial charge < -0.3 is 24.8 Å². The fourth-order valence-electron chi connectivity index (χ4n) is 6.05. The van der Waals surface area contributed by atoms with Crippen molar-refractivity contribution in [1.82, 2.24) is 19.8 Å². The Hall–Kier alpha value is -4.37. The van der Waals surface area contributed by atoms with Gasteiger partial charge in [0.2, 0.25) is 5.91 Å². The first-order chi connectivity index (χ1) is 21.6. The minimum Gasteiger partial charge on any atom is -0.462 e. The number of ether oxygens (including phenoxy) is 1. The number of hydrogen-bond donors (Lipinski definition) is 1. The van der Waals surface area contributed by atoms with Crippen molar-refractivity contribution >= 4 is 28.2 Å². The van der Waals surface area contributed by atoms with Gasteiger partial charge in [0, 0.05) is 61.0 Å². The molecule has 1 saturated heterocycles. The van der Waals surface area contributed by atoms with Crippen LogP contribution in [0.1, 0.15) is 36.1 Å². The third kappa shape index (κ3) is 8.02. The van der Waals surface area contributed by atoms with E-state index >= 15 is 0 Å². The molecular weight excluding hydrogens is 583 g/mol. The topological polar surface area (TPSA) is 97.6 Å². The number of fused-ring (bicyclic) bond motifs is 2. The Balaban J connectivity index is 1.38. The highest BCUT2D eigenvalue weighted by atomic mass is 19.4. The third-order valence-electron chi connectivity index (χ3n) is 8.45. The van der Waals surface area contributed by atoms with E-state index in [0.29, 0.717) is 31.5 Å². The summed E-state index contributed by atoms with van der Waals surface area (Å²) in [5.41, 5.74) is 4.12. The van der Waals surface area contributed by atoms with Crippen LogP contribution in [0.4, 0.5) is 24.7 Å². The van der Waals surface area contributed by atoms with Crippen molar-refractivity contribution in [3.63, 3.8) is 0 Å². The van der Waals surface area contributed by atoms with Crippen LogP contribution in [0.2, 0.25) is 0 Å². The van der Waals surface area contributed by atoms with Gasteiger partial charge in [-0.05, 0) is 56.8 Å². The lowest BCUT2D eigenvalue weighted by molar-refractivity contribution is -0.126. The summed E-state index contributed by atoms with van der Waals surface area (Å²) < 4.78 is 44.1. The molecule has 1 aromatic heterocycles. The van der Waals surface area contributed by atoms with E-state index in [1.807, 2.05) is 6.07 Å². The number of anilines is 2. The predicted molar refractivity (Wildman–Crippen MR) is 167 cm³/mol. The van der Waals surface area contributed by atoms with Crippen LogP contribution in [0, 0.1) is 18.3 Å². The number of allylic oxidation sites excluding steroid dienone is 1. The number of carbonyl (C=O) groups is 1. The van der Waals surface area contributed by atoms with Crippen molar-refractivity contribution in [2.24, 2.45) is 0 Å². The summed E-state index contributed by atoms with van der Waals surface area (Å²) in [4.78, 5) is 27.9. The molecule has 0 radical (unpaired) electrons. The number of hydrogen-bond acceptors (Lipinski definition) is 8. The number of amides is 1. The summed E-state index contributed by atoms with van der Waals surface area (Å²) in [5.74, 6) is -0.220. The molecule has 0 unspecified atom stereocenters. The molecule has 0 aliphatic carbocycles. The quantitative estimate of drug-likeness (QED) is 0.290. The first-order valence-corrected chi connectivity index (χ1v) is 15.2. The molecule has 1 amide bonds. The molecular formula is C33H38F3N7O2. The number of nitrogens with zero attached hydrogens (tertiary/aromatic N) is 6. The highest BCUT2D eigenvalue weighted by Crippen LogP contribution is 2.34. The third-order valence-corrected chi connectivity index (χ3v) is 8.45. The van der Waals surface area contributed by atoms with Gasteiger partial charge >= 0.3 is 12.2 Å². The minimum absolute atomic E-state index is 0.00554.